The zero-order valence-corrected chi connectivity index (χ0v) is 9.49. The van der Waals surface area contributed by atoms with Crippen molar-refractivity contribution in [2.75, 3.05) is 7.11 Å². The van der Waals surface area contributed by atoms with Gasteiger partial charge in [0.25, 0.3) is 0 Å². The number of nitrogens with two attached hydrogens (primary N) is 1. The summed E-state index contributed by atoms with van der Waals surface area (Å²) in [6, 6.07) is 0. The fraction of sp³-hybridized carbons (Fsp3) is 0.500. The second-order valence-electron chi connectivity index (χ2n) is 3.77. The van der Waals surface area contributed by atoms with Gasteiger partial charge < -0.3 is 10.5 Å². The lowest BCUT2D eigenvalue weighted by molar-refractivity contribution is -0.118. The molecule has 1 aliphatic rings. The van der Waals surface area contributed by atoms with E-state index in [-0.39, 0.29) is 18.1 Å². The van der Waals surface area contributed by atoms with Crippen LogP contribution in [0.25, 0.3) is 0 Å². The van der Waals surface area contributed by atoms with E-state index in [4.69, 9.17) is 10.5 Å². The second-order valence-corrected chi connectivity index (χ2v) is 3.77. The van der Waals surface area contributed by atoms with Crippen LogP contribution in [-0.4, -0.2) is 18.8 Å². The summed E-state index contributed by atoms with van der Waals surface area (Å²) in [5, 5.41) is 0. The molecule has 0 heterocycles. The highest BCUT2D eigenvalue weighted by Gasteiger charge is 2.13. The van der Waals surface area contributed by atoms with Crippen molar-refractivity contribution in [3.63, 3.8) is 0 Å². The van der Waals surface area contributed by atoms with Crippen molar-refractivity contribution < 1.29 is 14.3 Å². The van der Waals surface area contributed by atoms with Crippen molar-refractivity contribution >= 4 is 11.7 Å². The number of carbonyl (C=O) groups is 2. The maximum absolute atomic E-state index is 11.7. The van der Waals surface area contributed by atoms with Gasteiger partial charge in [-0.2, -0.15) is 0 Å². The van der Waals surface area contributed by atoms with E-state index < -0.39 is 0 Å². The van der Waals surface area contributed by atoms with E-state index in [1.807, 2.05) is 6.08 Å². The number of ketones is 1. The lowest BCUT2D eigenvalue weighted by Crippen LogP contribution is -2.12. The van der Waals surface area contributed by atoms with Gasteiger partial charge in [-0.1, -0.05) is 6.08 Å². The normalized spacial score (nSPS) is 15.1. The van der Waals surface area contributed by atoms with E-state index >= 15 is 0 Å². The van der Waals surface area contributed by atoms with E-state index in [0.29, 0.717) is 12.8 Å². The van der Waals surface area contributed by atoms with Crippen molar-refractivity contribution in [3.8, 4) is 0 Å². The summed E-state index contributed by atoms with van der Waals surface area (Å²) in [5.74, 6) is 0.647. The van der Waals surface area contributed by atoms with E-state index in [9.17, 15) is 9.59 Å². The first-order valence-corrected chi connectivity index (χ1v) is 5.38. The number of Topliss-reactive ketones (excluding diaryl/α,β-unsaturated/α-hetero) is 1. The van der Waals surface area contributed by atoms with Crippen molar-refractivity contribution in [1.82, 2.24) is 0 Å². The summed E-state index contributed by atoms with van der Waals surface area (Å²) >= 11 is 0. The summed E-state index contributed by atoms with van der Waals surface area (Å²) in [6.07, 6.45) is 6.31. The molecule has 0 radical (unpaired) electrons. The average Bonchev–Trinajstić information content (AvgIpc) is 2.28. The number of primary amides is 1. The molecule has 0 unspecified atom stereocenters. The third kappa shape index (κ3) is 3.88. The molecule has 0 fully saturated rings. The smallest absolute Gasteiger partial charge is 0.217 e. The molecule has 0 aromatic rings. The minimum absolute atomic E-state index is 0.104. The highest BCUT2D eigenvalue weighted by Crippen LogP contribution is 2.20. The van der Waals surface area contributed by atoms with E-state index in [1.54, 1.807) is 13.2 Å². The molecule has 0 aromatic carbocycles. The predicted octanol–water partition coefficient (Wildman–Crippen LogP) is 1.46. The summed E-state index contributed by atoms with van der Waals surface area (Å²) in [6.45, 7) is 0. The summed E-state index contributed by atoms with van der Waals surface area (Å²) < 4.78 is 5.08. The van der Waals surface area contributed by atoms with Crippen LogP contribution in [0.1, 0.15) is 32.1 Å². The Kier molecular flexibility index (Phi) is 4.76. The van der Waals surface area contributed by atoms with Gasteiger partial charge in [0.15, 0.2) is 5.78 Å². The molecule has 0 saturated carbocycles. The maximum atomic E-state index is 11.7. The Morgan fingerprint density at radius 1 is 1.31 bits per heavy atom. The Bertz CT molecular complexity index is 342. The lowest BCUT2D eigenvalue weighted by atomic mass is 9.97. The molecule has 16 heavy (non-hydrogen) atoms. The number of ether oxygens (including phenoxy) is 1. The van der Waals surface area contributed by atoms with Crippen LogP contribution in [0.3, 0.4) is 0 Å². The van der Waals surface area contributed by atoms with Crippen molar-refractivity contribution in [2.24, 2.45) is 5.73 Å². The standard InChI is InChI=1S/C12H17NO3/c1-16-10-7-5-9(6-8-10)11(14)3-2-4-12(13)15/h5,7H,2-4,6,8H2,1H3,(H2,13,15). The van der Waals surface area contributed by atoms with Gasteiger partial charge in [-0.25, -0.2) is 0 Å². The first-order chi connectivity index (χ1) is 7.63. The predicted molar refractivity (Wildman–Crippen MR) is 60.5 cm³/mol. The molecule has 88 valence electrons. The Hall–Kier alpha value is -1.58. The van der Waals surface area contributed by atoms with Crippen molar-refractivity contribution in [3.05, 3.63) is 23.5 Å². The first-order valence-electron chi connectivity index (χ1n) is 5.38. The topological polar surface area (TPSA) is 69.4 Å². The van der Waals surface area contributed by atoms with Crippen LogP contribution < -0.4 is 5.73 Å². The molecule has 2 N–H and O–H groups in total. The molecule has 4 nitrogen and oxygen atoms in total. The molecule has 1 rings (SSSR count). The first kappa shape index (κ1) is 12.5. The van der Waals surface area contributed by atoms with Crippen LogP contribution in [0, 0.1) is 0 Å². The largest absolute Gasteiger partial charge is 0.501 e. The zero-order valence-electron chi connectivity index (χ0n) is 9.49. The average molecular weight is 223 g/mol. The van der Waals surface area contributed by atoms with E-state index in [0.717, 1.165) is 24.2 Å². The Morgan fingerprint density at radius 2 is 2.06 bits per heavy atom. The lowest BCUT2D eigenvalue weighted by Gasteiger charge is -2.12. The second kappa shape index (κ2) is 6.10. The number of carbonyl (C=O) groups excluding carboxylic acids is 2. The minimum Gasteiger partial charge on any atom is -0.501 e. The van der Waals surface area contributed by atoms with Gasteiger partial charge in [0.2, 0.25) is 5.91 Å². The summed E-state index contributed by atoms with van der Waals surface area (Å²) in [4.78, 5) is 22.2. The number of rotatable bonds is 6. The van der Waals surface area contributed by atoms with Crippen LogP contribution in [-0.2, 0) is 14.3 Å². The molecule has 0 spiro atoms. The summed E-state index contributed by atoms with van der Waals surface area (Å²) in [7, 11) is 1.62. The molecule has 0 saturated heterocycles. The van der Waals surface area contributed by atoms with Crippen LogP contribution >= 0.6 is 0 Å². The molecule has 4 heteroatoms. The van der Waals surface area contributed by atoms with Crippen molar-refractivity contribution in [1.29, 1.82) is 0 Å². The Balaban J connectivity index is 2.41. The van der Waals surface area contributed by atoms with Crippen LogP contribution in [0.5, 0.6) is 0 Å². The van der Waals surface area contributed by atoms with Gasteiger partial charge in [0, 0.05) is 19.3 Å². The van der Waals surface area contributed by atoms with E-state index in [2.05, 4.69) is 0 Å². The number of hydrogen-bond acceptors (Lipinski definition) is 3. The fourth-order valence-electron chi connectivity index (χ4n) is 1.60. The van der Waals surface area contributed by atoms with Gasteiger partial charge in [0.05, 0.1) is 12.9 Å². The molecular weight excluding hydrogens is 206 g/mol. The minimum atomic E-state index is -0.355. The highest BCUT2D eigenvalue weighted by molar-refractivity contribution is 5.96. The summed E-state index contributed by atoms with van der Waals surface area (Å²) in [5.41, 5.74) is 5.81. The number of hydrogen-bond donors (Lipinski definition) is 1. The molecule has 0 bridgehead atoms. The van der Waals surface area contributed by atoms with Crippen LogP contribution in [0.2, 0.25) is 0 Å². The SMILES string of the molecule is COC1=CC=C(C(=O)CCCC(N)=O)CC1. The van der Waals surface area contributed by atoms with E-state index in [1.165, 1.54) is 0 Å². The quantitative estimate of drug-likeness (QED) is 0.741. The Morgan fingerprint density at radius 3 is 2.56 bits per heavy atom. The van der Waals surface area contributed by atoms with Gasteiger partial charge in [-0.05, 0) is 24.5 Å². The van der Waals surface area contributed by atoms with Gasteiger partial charge >= 0.3 is 0 Å². The molecule has 1 amide bonds. The number of allylic oxidation sites excluding steroid dienone is 4. The van der Waals surface area contributed by atoms with Gasteiger partial charge in [0.1, 0.15) is 0 Å². The molecule has 0 aliphatic heterocycles. The third-order valence-corrected chi connectivity index (χ3v) is 2.56. The van der Waals surface area contributed by atoms with Gasteiger partial charge in [-0.15, -0.1) is 0 Å². The van der Waals surface area contributed by atoms with Gasteiger partial charge in [-0.3, -0.25) is 9.59 Å². The highest BCUT2D eigenvalue weighted by atomic mass is 16.5. The Labute approximate surface area is 95.1 Å². The third-order valence-electron chi connectivity index (χ3n) is 2.56. The van der Waals surface area contributed by atoms with Crippen LogP contribution in [0.4, 0.5) is 0 Å². The van der Waals surface area contributed by atoms with Crippen molar-refractivity contribution in [2.45, 2.75) is 32.1 Å². The molecular formula is C12H17NO3. The fourth-order valence-corrected chi connectivity index (χ4v) is 1.60. The monoisotopic (exact) mass is 223 g/mol. The maximum Gasteiger partial charge on any atom is 0.217 e. The number of methoxy groups -OCH3 is 1. The number of amides is 1. The van der Waals surface area contributed by atoms with Crippen LogP contribution in [0.15, 0.2) is 23.5 Å². The molecule has 0 aromatic heterocycles. The zero-order chi connectivity index (χ0) is 12.0. The molecule has 1 aliphatic carbocycles. The molecule has 0 atom stereocenters.